The predicted octanol–water partition coefficient (Wildman–Crippen LogP) is 4.79. The lowest BCUT2D eigenvalue weighted by molar-refractivity contribution is 0.474. The minimum atomic E-state index is -0.0115. The van der Waals surface area contributed by atoms with Crippen molar-refractivity contribution < 1.29 is 5.11 Å². The van der Waals surface area contributed by atoms with Gasteiger partial charge in [0.25, 0.3) is 0 Å². The van der Waals surface area contributed by atoms with Crippen LogP contribution in [0, 0.1) is 11.3 Å². The number of aromatic hydroxyl groups is 1. The topological polar surface area (TPSA) is 97.1 Å². The molecule has 0 bridgehead atoms. The number of phenolic OH excluding ortho intramolecular Hbond substituents is 1. The summed E-state index contributed by atoms with van der Waals surface area (Å²) < 4.78 is 0. The molecule has 0 aliphatic rings. The number of phenols is 1. The van der Waals surface area contributed by atoms with E-state index in [-0.39, 0.29) is 17.1 Å². The Labute approximate surface area is 153 Å². The van der Waals surface area contributed by atoms with Crippen molar-refractivity contribution in [2.45, 2.75) is 0 Å². The molecule has 0 radical (unpaired) electrons. The summed E-state index contributed by atoms with van der Waals surface area (Å²) in [5.41, 5.74) is 1.27. The lowest BCUT2D eigenvalue weighted by Crippen LogP contribution is -1.92. The van der Waals surface area contributed by atoms with Gasteiger partial charge in [-0.25, -0.2) is 4.99 Å². The maximum absolute atomic E-state index is 9.83. The van der Waals surface area contributed by atoms with Crippen LogP contribution >= 0.6 is 23.2 Å². The largest absolute Gasteiger partial charge is 0.507 e. The van der Waals surface area contributed by atoms with Crippen LogP contribution in [0.3, 0.4) is 0 Å². The Bertz CT molecular complexity index is 971. The maximum atomic E-state index is 9.83. The first-order valence-electron chi connectivity index (χ1n) is 7.11. The zero-order chi connectivity index (χ0) is 17.8. The number of hydrogen-bond donors (Lipinski definition) is 3. The van der Waals surface area contributed by atoms with E-state index in [1.165, 1.54) is 12.3 Å². The second-order valence-electron chi connectivity index (χ2n) is 4.98. The van der Waals surface area contributed by atoms with Gasteiger partial charge in [-0.1, -0.05) is 35.3 Å². The molecule has 0 saturated carbocycles. The third-order valence-corrected chi connectivity index (χ3v) is 3.86. The van der Waals surface area contributed by atoms with Gasteiger partial charge in [-0.2, -0.15) is 10.4 Å². The van der Waals surface area contributed by atoms with Crippen LogP contribution in [-0.4, -0.2) is 21.5 Å². The number of aromatic nitrogens is 2. The zero-order valence-electron chi connectivity index (χ0n) is 12.7. The summed E-state index contributed by atoms with van der Waals surface area (Å²) in [6, 6.07) is 13.8. The summed E-state index contributed by atoms with van der Waals surface area (Å²) in [5.74, 6) is 0.550. The molecule has 0 saturated heterocycles. The molecule has 3 aromatic rings. The molecule has 124 valence electrons. The van der Waals surface area contributed by atoms with Crippen molar-refractivity contribution in [1.82, 2.24) is 10.2 Å². The van der Waals surface area contributed by atoms with Gasteiger partial charge in [-0.15, -0.1) is 0 Å². The molecule has 0 aliphatic carbocycles. The summed E-state index contributed by atoms with van der Waals surface area (Å²) in [6.07, 6.45) is 1.36. The number of halogens is 2. The van der Waals surface area contributed by atoms with Crippen molar-refractivity contribution in [1.29, 1.82) is 5.26 Å². The first-order valence-corrected chi connectivity index (χ1v) is 7.86. The van der Waals surface area contributed by atoms with Crippen molar-refractivity contribution in [3.63, 3.8) is 0 Å². The number of nitriles is 1. The van der Waals surface area contributed by atoms with E-state index in [0.29, 0.717) is 27.1 Å². The Balaban J connectivity index is 1.90. The van der Waals surface area contributed by atoms with Crippen LogP contribution in [-0.2, 0) is 0 Å². The number of aliphatic imine (C=N–C) groups is 1. The smallest absolute Gasteiger partial charge is 0.193 e. The average molecular weight is 372 g/mol. The normalized spacial score (nSPS) is 10.8. The van der Waals surface area contributed by atoms with Gasteiger partial charge in [0.05, 0.1) is 10.6 Å². The first kappa shape index (κ1) is 16.8. The van der Waals surface area contributed by atoms with Gasteiger partial charge in [-0.05, 0) is 30.3 Å². The van der Waals surface area contributed by atoms with Gasteiger partial charge in [0.1, 0.15) is 23.2 Å². The summed E-state index contributed by atoms with van der Waals surface area (Å²) >= 11 is 12.0. The fourth-order valence-electron chi connectivity index (χ4n) is 2.11. The van der Waals surface area contributed by atoms with E-state index in [4.69, 9.17) is 23.2 Å². The molecule has 3 rings (SSSR count). The molecule has 2 aromatic carbocycles. The molecular formula is C17H11Cl2N5O. The summed E-state index contributed by atoms with van der Waals surface area (Å²) in [4.78, 5) is 4.15. The van der Waals surface area contributed by atoms with Crippen LogP contribution in [0.15, 0.2) is 47.5 Å². The quantitative estimate of drug-likeness (QED) is 0.574. The van der Waals surface area contributed by atoms with E-state index < -0.39 is 0 Å². The molecule has 0 unspecified atom stereocenters. The molecule has 6 nitrogen and oxygen atoms in total. The number of anilines is 2. The zero-order valence-corrected chi connectivity index (χ0v) is 14.2. The number of nitrogens with zero attached hydrogens (tertiary/aromatic N) is 3. The van der Waals surface area contributed by atoms with Gasteiger partial charge >= 0.3 is 0 Å². The average Bonchev–Trinajstić information content (AvgIpc) is 2.96. The van der Waals surface area contributed by atoms with E-state index in [1.54, 1.807) is 36.4 Å². The van der Waals surface area contributed by atoms with Crippen molar-refractivity contribution in [3.8, 4) is 11.8 Å². The maximum Gasteiger partial charge on any atom is 0.193 e. The summed E-state index contributed by atoms with van der Waals surface area (Å²) in [6.45, 7) is 0. The number of hydrogen-bond acceptors (Lipinski definition) is 5. The third-order valence-electron chi connectivity index (χ3n) is 3.30. The SMILES string of the molecule is N#Cc1c(N=Cc2c(O)cccc2Cl)n[nH]c1Nc1cccc(Cl)c1. The molecule has 1 aromatic heterocycles. The Morgan fingerprint density at radius 1 is 1.24 bits per heavy atom. The fourth-order valence-corrected chi connectivity index (χ4v) is 2.52. The van der Waals surface area contributed by atoms with Crippen LogP contribution in [0.5, 0.6) is 5.75 Å². The third kappa shape index (κ3) is 3.74. The Kier molecular flexibility index (Phi) is 4.89. The lowest BCUT2D eigenvalue weighted by Gasteiger charge is -2.04. The lowest BCUT2D eigenvalue weighted by atomic mass is 10.2. The summed E-state index contributed by atoms with van der Waals surface area (Å²) in [7, 11) is 0. The van der Waals surface area contributed by atoms with Gasteiger partial charge < -0.3 is 10.4 Å². The first-order chi connectivity index (χ1) is 12.1. The highest BCUT2D eigenvalue weighted by atomic mass is 35.5. The Morgan fingerprint density at radius 3 is 2.76 bits per heavy atom. The molecule has 25 heavy (non-hydrogen) atoms. The van der Waals surface area contributed by atoms with E-state index in [2.05, 4.69) is 20.5 Å². The monoisotopic (exact) mass is 371 g/mol. The Hall–Kier alpha value is -3.01. The molecule has 0 fully saturated rings. The van der Waals surface area contributed by atoms with Crippen LogP contribution in [0.2, 0.25) is 10.0 Å². The minimum Gasteiger partial charge on any atom is -0.507 e. The highest BCUT2D eigenvalue weighted by Gasteiger charge is 2.13. The van der Waals surface area contributed by atoms with E-state index in [1.807, 2.05) is 6.07 Å². The van der Waals surface area contributed by atoms with Crippen LogP contribution in [0.1, 0.15) is 11.1 Å². The standard InChI is InChI=1S/C17H11Cl2N5O/c18-10-3-1-4-11(7-10)22-17-12(8-20)16(23-24-17)21-9-13-14(19)5-2-6-15(13)25/h1-7,9,25H,(H2,22,23,24). The van der Waals surface area contributed by atoms with Crippen molar-refractivity contribution in [2.75, 3.05) is 5.32 Å². The van der Waals surface area contributed by atoms with Crippen LogP contribution in [0.4, 0.5) is 17.3 Å². The Morgan fingerprint density at radius 2 is 2.04 bits per heavy atom. The molecule has 0 aliphatic heterocycles. The molecule has 8 heteroatoms. The number of nitrogens with one attached hydrogen (secondary N) is 2. The minimum absolute atomic E-state index is 0.0115. The van der Waals surface area contributed by atoms with Crippen LogP contribution < -0.4 is 5.32 Å². The molecular weight excluding hydrogens is 361 g/mol. The highest BCUT2D eigenvalue weighted by Crippen LogP contribution is 2.28. The van der Waals surface area contributed by atoms with Gasteiger partial charge in [0.15, 0.2) is 5.82 Å². The van der Waals surface area contributed by atoms with Gasteiger partial charge in [-0.3, -0.25) is 5.10 Å². The molecule has 1 heterocycles. The molecule has 0 atom stereocenters. The van der Waals surface area contributed by atoms with Crippen LogP contribution in [0.25, 0.3) is 0 Å². The number of rotatable bonds is 4. The van der Waals surface area contributed by atoms with Gasteiger partial charge in [0, 0.05) is 16.9 Å². The van der Waals surface area contributed by atoms with E-state index in [0.717, 1.165) is 0 Å². The second kappa shape index (κ2) is 7.26. The predicted molar refractivity (Wildman–Crippen MR) is 98.4 cm³/mol. The molecule has 0 spiro atoms. The summed E-state index contributed by atoms with van der Waals surface area (Å²) in [5, 5.41) is 29.9. The number of benzene rings is 2. The van der Waals surface area contributed by atoms with Crippen molar-refractivity contribution in [2.24, 2.45) is 4.99 Å². The number of H-pyrrole nitrogens is 1. The van der Waals surface area contributed by atoms with E-state index >= 15 is 0 Å². The molecule has 0 amide bonds. The number of aromatic amines is 1. The van der Waals surface area contributed by atoms with E-state index in [9.17, 15) is 10.4 Å². The van der Waals surface area contributed by atoms with Crippen molar-refractivity contribution in [3.05, 3.63) is 63.6 Å². The fraction of sp³-hybridized carbons (Fsp3) is 0. The van der Waals surface area contributed by atoms with Gasteiger partial charge in [0.2, 0.25) is 0 Å². The second-order valence-corrected chi connectivity index (χ2v) is 5.82. The highest BCUT2D eigenvalue weighted by molar-refractivity contribution is 6.33. The molecule has 3 N–H and O–H groups in total. The van der Waals surface area contributed by atoms with Crippen molar-refractivity contribution >= 4 is 46.7 Å².